The van der Waals surface area contributed by atoms with Gasteiger partial charge in [-0.25, -0.2) is 4.79 Å². The maximum atomic E-state index is 12.1. The zero-order chi connectivity index (χ0) is 13.6. The number of aromatic nitrogens is 2. The van der Waals surface area contributed by atoms with Crippen molar-refractivity contribution in [2.24, 2.45) is 0 Å². The molecule has 1 aliphatic rings. The van der Waals surface area contributed by atoms with Gasteiger partial charge in [-0.2, -0.15) is 0 Å². The molecule has 4 nitrogen and oxygen atoms in total. The van der Waals surface area contributed by atoms with E-state index in [1.807, 2.05) is 0 Å². The second kappa shape index (κ2) is 4.81. The summed E-state index contributed by atoms with van der Waals surface area (Å²) in [6.45, 7) is -0.00860. The number of imidazole rings is 1. The van der Waals surface area contributed by atoms with Gasteiger partial charge in [0.15, 0.2) is 5.78 Å². The molecule has 2 heterocycles. The third-order valence-corrected chi connectivity index (χ3v) is 4.57. The molecule has 0 radical (unpaired) electrons. The first-order chi connectivity index (χ1) is 9.06. The first-order valence-electron chi connectivity index (χ1n) is 5.81. The van der Waals surface area contributed by atoms with Gasteiger partial charge in [-0.15, -0.1) is 11.3 Å². The number of thiophene rings is 1. The molecule has 2 aromatic rings. The molecular formula is C12H10Cl2N2O2S. The van der Waals surface area contributed by atoms with Crippen molar-refractivity contribution in [3.8, 4) is 0 Å². The Morgan fingerprint density at radius 2 is 2.11 bits per heavy atom. The molecule has 0 bridgehead atoms. The Hall–Kier alpha value is -1.04. The quantitative estimate of drug-likeness (QED) is 0.813. The third kappa shape index (κ3) is 2.50. The number of carbonyl (C=O) groups excluding carboxylic acids is 1. The van der Waals surface area contributed by atoms with Crippen LogP contribution >= 0.6 is 34.5 Å². The maximum absolute atomic E-state index is 12.1. The van der Waals surface area contributed by atoms with Gasteiger partial charge in [0.05, 0.1) is 16.4 Å². The van der Waals surface area contributed by atoms with Crippen molar-refractivity contribution in [3.05, 3.63) is 43.2 Å². The third-order valence-electron chi connectivity index (χ3n) is 3.09. The van der Waals surface area contributed by atoms with Gasteiger partial charge in [-0.3, -0.25) is 13.9 Å². The van der Waals surface area contributed by atoms with Crippen molar-refractivity contribution in [3.63, 3.8) is 0 Å². The van der Waals surface area contributed by atoms with Gasteiger partial charge in [0.2, 0.25) is 0 Å². The van der Waals surface area contributed by atoms with Crippen LogP contribution in [0, 0.1) is 0 Å². The second-order valence-electron chi connectivity index (χ2n) is 4.51. The van der Waals surface area contributed by atoms with Crippen LogP contribution in [0.25, 0.3) is 0 Å². The Balaban J connectivity index is 1.83. The standard InChI is InChI=1S/C12H10Cl2N2O2S/c13-10-5-8(11(14)19-10)9(17)6-15-3-4-16(12(15)18)7-1-2-7/h3-5,7H,1-2,6H2. The van der Waals surface area contributed by atoms with E-state index in [1.54, 1.807) is 23.0 Å². The number of nitrogens with zero attached hydrogens (tertiary/aromatic N) is 2. The van der Waals surface area contributed by atoms with E-state index in [0.717, 1.165) is 24.2 Å². The first kappa shape index (κ1) is 13.0. The summed E-state index contributed by atoms with van der Waals surface area (Å²) in [5, 5.41) is 0. The van der Waals surface area contributed by atoms with Crippen molar-refractivity contribution in [1.82, 2.24) is 9.13 Å². The Bertz CT molecular complexity index is 697. The molecule has 0 spiro atoms. The summed E-state index contributed by atoms with van der Waals surface area (Å²) >= 11 is 12.9. The number of ketones is 1. The minimum Gasteiger partial charge on any atom is -0.296 e. The van der Waals surface area contributed by atoms with Gasteiger partial charge in [0, 0.05) is 18.4 Å². The van der Waals surface area contributed by atoms with E-state index >= 15 is 0 Å². The summed E-state index contributed by atoms with van der Waals surface area (Å²) in [5.41, 5.74) is 0.232. The summed E-state index contributed by atoms with van der Waals surface area (Å²) in [5.74, 6) is -0.205. The van der Waals surface area contributed by atoms with Gasteiger partial charge < -0.3 is 0 Å². The van der Waals surface area contributed by atoms with E-state index in [9.17, 15) is 9.59 Å². The fourth-order valence-corrected chi connectivity index (χ4v) is 3.45. The van der Waals surface area contributed by atoms with E-state index in [0.29, 0.717) is 20.3 Å². The minimum absolute atomic E-state index is 0.00860. The van der Waals surface area contributed by atoms with Crippen LogP contribution in [0.15, 0.2) is 23.3 Å². The zero-order valence-corrected chi connectivity index (χ0v) is 12.1. The van der Waals surface area contributed by atoms with Crippen LogP contribution in [0.4, 0.5) is 0 Å². The number of rotatable bonds is 4. The number of hydrogen-bond donors (Lipinski definition) is 0. The fourth-order valence-electron chi connectivity index (χ4n) is 1.95. The monoisotopic (exact) mass is 316 g/mol. The van der Waals surface area contributed by atoms with Crippen LogP contribution in [0.3, 0.4) is 0 Å². The molecule has 1 saturated carbocycles. The number of hydrogen-bond acceptors (Lipinski definition) is 3. The van der Waals surface area contributed by atoms with Crippen molar-refractivity contribution in [2.45, 2.75) is 25.4 Å². The lowest BCUT2D eigenvalue weighted by Crippen LogP contribution is -2.26. The highest BCUT2D eigenvalue weighted by Gasteiger charge is 2.26. The van der Waals surface area contributed by atoms with E-state index < -0.39 is 0 Å². The molecule has 0 unspecified atom stereocenters. The SMILES string of the molecule is O=C(Cn1ccn(C2CC2)c1=O)c1cc(Cl)sc1Cl. The molecule has 1 aliphatic carbocycles. The highest BCUT2D eigenvalue weighted by molar-refractivity contribution is 7.20. The van der Waals surface area contributed by atoms with Gasteiger partial charge in [-0.1, -0.05) is 23.2 Å². The van der Waals surface area contributed by atoms with E-state index in [-0.39, 0.29) is 18.0 Å². The smallest absolute Gasteiger partial charge is 0.296 e. The van der Waals surface area contributed by atoms with Crippen LogP contribution in [-0.2, 0) is 6.54 Å². The molecule has 0 saturated heterocycles. The zero-order valence-electron chi connectivity index (χ0n) is 9.81. The summed E-state index contributed by atoms with van der Waals surface area (Å²) in [7, 11) is 0. The molecule has 19 heavy (non-hydrogen) atoms. The lowest BCUT2D eigenvalue weighted by atomic mass is 10.2. The van der Waals surface area contributed by atoms with E-state index in [2.05, 4.69) is 0 Å². The summed E-state index contributed by atoms with van der Waals surface area (Å²) in [4.78, 5) is 24.1. The molecule has 0 atom stereocenters. The summed E-state index contributed by atoms with van der Waals surface area (Å²) in [6.07, 6.45) is 5.43. The lowest BCUT2D eigenvalue weighted by Gasteiger charge is -2.00. The van der Waals surface area contributed by atoms with Crippen LogP contribution in [0.1, 0.15) is 29.2 Å². The summed E-state index contributed by atoms with van der Waals surface area (Å²) in [6, 6.07) is 1.85. The van der Waals surface area contributed by atoms with Gasteiger partial charge in [-0.05, 0) is 18.9 Å². The van der Waals surface area contributed by atoms with Gasteiger partial charge in [0.25, 0.3) is 0 Å². The Kier molecular flexibility index (Phi) is 3.28. The fraction of sp³-hybridized carbons (Fsp3) is 0.333. The highest BCUT2D eigenvalue weighted by atomic mass is 35.5. The average Bonchev–Trinajstić information content (AvgIpc) is 3.05. The van der Waals surface area contributed by atoms with Crippen molar-refractivity contribution in [1.29, 1.82) is 0 Å². The highest BCUT2D eigenvalue weighted by Crippen LogP contribution is 2.33. The van der Waals surface area contributed by atoms with E-state index in [1.165, 1.54) is 4.57 Å². The largest absolute Gasteiger partial charge is 0.328 e. The molecule has 7 heteroatoms. The Morgan fingerprint density at radius 3 is 2.68 bits per heavy atom. The lowest BCUT2D eigenvalue weighted by molar-refractivity contribution is 0.0971. The topological polar surface area (TPSA) is 44.0 Å². The van der Waals surface area contributed by atoms with Gasteiger partial charge >= 0.3 is 5.69 Å². The molecule has 3 rings (SSSR count). The van der Waals surface area contributed by atoms with Crippen LogP contribution in [0.5, 0.6) is 0 Å². The molecule has 0 N–H and O–H groups in total. The van der Waals surface area contributed by atoms with Crippen molar-refractivity contribution >= 4 is 40.3 Å². The van der Waals surface area contributed by atoms with Crippen LogP contribution in [0.2, 0.25) is 8.67 Å². The molecule has 0 aromatic carbocycles. The van der Waals surface area contributed by atoms with Crippen LogP contribution in [-0.4, -0.2) is 14.9 Å². The maximum Gasteiger partial charge on any atom is 0.328 e. The summed E-state index contributed by atoms with van der Waals surface area (Å²) < 4.78 is 3.92. The predicted molar refractivity (Wildman–Crippen MR) is 75.6 cm³/mol. The first-order valence-corrected chi connectivity index (χ1v) is 7.39. The van der Waals surface area contributed by atoms with Crippen LogP contribution < -0.4 is 5.69 Å². The Morgan fingerprint density at radius 1 is 1.37 bits per heavy atom. The molecule has 100 valence electrons. The molecule has 0 amide bonds. The van der Waals surface area contributed by atoms with E-state index in [4.69, 9.17) is 23.2 Å². The average molecular weight is 317 g/mol. The van der Waals surface area contributed by atoms with Crippen molar-refractivity contribution in [2.75, 3.05) is 0 Å². The second-order valence-corrected chi connectivity index (χ2v) is 6.79. The Labute approximate surface area is 123 Å². The van der Waals surface area contributed by atoms with Gasteiger partial charge in [0.1, 0.15) is 4.34 Å². The minimum atomic E-state index is -0.205. The number of carbonyl (C=O) groups is 1. The normalized spacial score (nSPS) is 14.8. The van der Waals surface area contributed by atoms with Crippen molar-refractivity contribution < 1.29 is 4.79 Å². The number of Topliss-reactive ketones (excluding diaryl/α,β-unsaturated/α-hetero) is 1. The predicted octanol–water partition coefficient (Wildman–Crippen LogP) is 3.24. The number of halogens is 2. The molecule has 2 aromatic heterocycles. The molecule has 0 aliphatic heterocycles. The molecule has 1 fully saturated rings. The molecular weight excluding hydrogens is 307 g/mol.